The Morgan fingerprint density at radius 2 is 2.00 bits per heavy atom. The molecule has 1 aliphatic heterocycles. The summed E-state index contributed by atoms with van der Waals surface area (Å²) in [6.45, 7) is 3.97. The van der Waals surface area contributed by atoms with E-state index in [9.17, 15) is 8.42 Å². The molecule has 2 rings (SSSR count). The molecule has 1 aliphatic rings. The number of benzene rings is 1. The summed E-state index contributed by atoms with van der Waals surface area (Å²) in [5.74, 6) is 0. The van der Waals surface area contributed by atoms with Crippen LogP contribution in [0.2, 0.25) is 5.02 Å². The number of likely N-dealkylation sites (tertiary alicyclic amines) is 1. The SMILES string of the molecule is O=S(=O)(NCCC[NH+]1CCCC1)c1cccc(Cl)c1. The van der Waals surface area contributed by atoms with Crippen LogP contribution in [-0.4, -0.2) is 34.6 Å². The molecule has 0 aliphatic carbocycles. The van der Waals surface area contributed by atoms with Gasteiger partial charge in [-0.25, -0.2) is 13.1 Å². The van der Waals surface area contributed by atoms with Gasteiger partial charge < -0.3 is 4.90 Å². The maximum absolute atomic E-state index is 12.0. The Kier molecular flexibility index (Phi) is 5.21. The predicted octanol–water partition coefficient (Wildman–Crippen LogP) is 0.687. The first-order valence-corrected chi connectivity index (χ1v) is 8.53. The van der Waals surface area contributed by atoms with E-state index in [4.69, 9.17) is 11.6 Å². The van der Waals surface area contributed by atoms with E-state index in [1.165, 1.54) is 32.0 Å². The van der Waals surface area contributed by atoms with Crippen LogP contribution in [0.25, 0.3) is 0 Å². The summed E-state index contributed by atoms with van der Waals surface area (Å²) >= 11 is 5.80. The number of sulfonamides is 1. The zero-order valence-corrected chi connectivity index (χ0v) is 12.4. The highest BCUT2D eigenvalue weighted by atomic mass is 35.5. The summed E-state index contributed by atoms with van der Waals surface area (Å²) in [6, 6.07) is 6.33. The second kappa shape index (κ2) is 6.70. The summed E-state index contributed by atoms with van der Waals surface area (Å²) < 4.78 is 26.6. The van der Waals surface area contributed by atoms with Gasteiger partial charge in [-0.1, -0.05) is 17.7 Å². The van der Waals surface area contributed by atoms with E-state index >= 15 is 0 Å². The van der Waals surface area contributed by atoms with Crippen molar-refractivity contribution in [3.63, 3.8) is 0 Å². The fourth-order valence-electron chi connectivity index (χ4n) is 2.39. The smallest absolute Gasteiger partial charge is 0.240 e. The molecule has 0 atom stereocenters. The van der Waals surface area contributed by atoms with Crippen LogP contribution >= 0.6 is 11.6 Å². The van der Waals surface area contributed by atoms with Gasteiger partial charge in [0.2, 0.25) is 10.0 Å². The molecule has 0 aromatic heterocycles. The Labute approximate surface area is 119 Å². The molecule has 0 saturated carbocycles. The van der Waals surface area contributed by atoms with Crippen LogP contribution in [0, 0.1) is 0 Å². The summed E-state index contributed by atoms with van der Waals surface area (Å²) in [6.07, 6.45) is 3.46. The van der Waals surface area contributed by atoms with Crippen LogP contribution in [0.4, 0.5) is 0 Å². The van der Waals surface area contributed by atoms with E-state index in [2.05, 4.69) is 4.72 Å². The first-order valence-electron chi connectivity index (χ1n) is 6.67. The van der Waals surface area contributed by atoms with Crippen LogP contribution in [-0.2, 0) is 10.0 Å². The van der Waals surface area contributed by atoms with E-state index in [1.807, 2.05) is 0 Å². The van der Waals surface area contributed by atoms with Crippen LogP contribution in [0.15, 0.2) is 29.2 Å². The summed E-state index contributed by atoms with van der Waals surface area (Å²) in [7, 11) is -3.42. The van der Waals surface area contributed by atoms with Gasteiger partial charge in [0.05, 0.1) is 24.5 Å². The van der Waals surface area contributed by atoms with Gasteiger partial charge in [-0.2, -0.15) is 0 Å². The molecule has 0 radical (unpaired) electrons. The highest BCUT2D eigenvalue weighted by molar-refractivity contribution is 7.89. The molecule has 1 fully saturated rings. The third-order valence-electron chi connectivity index (χ3n) is 3.42. The maximum atomic E-state index is 12.0. The zero-order chi connectivity index (χ0) is 13.7. The molecule has 0 bridgehead atoms. The van der Waals surface area contributed by atoms with Gasteiger partial charge in [-0.05, 0) is 18.2 Å². The van der Waals surface area contributed by atoms with Crippen LogP contribution in [0.5, 0.6) is 0 Å². The Balaban J connectivity index is 1.80. The van der Waals surface area contributed by atoms with Crippen LogP contribution in [0.3, 0.4) is 0 Å². The van der Waals surface area contributed by atoms with Gasteiger partial charge in [-0.3, -0.25) is 0 Å². The van der Waals surface area contributed by atoms with Gasteiger partial charge >= 0.3 is 0 Å². The lowest BCUT2D eigenvalue weighted by Crippen LogP contribution is -3.10. The van der Waals surface area contributed by atoms with Crippen molar-refractivity contribution in [3.8, 4) is 0 Å². The zero-order valence-electron chi connectivity index (χ0n) is 10.9. The van der Waals surface area contributed by atoms with Crippen molar-refractivity contribution in [2.75, 3.05) is 26.2 Å². The molecule has 1 aromatic carbocycles. The largest absolute Gasteiger partial charge is 0.335 e. The van der Waals surface area contributed by atoms with Crippen molar-refractivity contribution in [2.24, 2.45) is 0 Å². The number of rotatable bonds is 6. The minimum absolute atomic E-state index is 0.230. The van der Waals surface area contributed by atoms with Gasteiger partial charge in [0, 0.05) is 30.8 Å². The van der Waals surface area contributed by atoms with Crippen molar-refractivity contribution in [1.82, 2.24) is 4.72 Å². The number of nitrogens with one attached hydrogen (secondary N) is 2. The molecule has 0 amide bonds. The molecule has 0 spiro atoms. The normalized spacial score (nSPS) is 16.9. The molecule has 2 N–H and O–H groups in total. The second-order valence-corrected chi connectivity index (χ2v) is 7.12. The summed E-state index contributed by atoms with van der Waals surface area (Å²) in [5, 5.41) is 0.435. The molecular weight excluding hydrogens is 284 g/mol. The van der Waals surface area contributed by atoms with Crippen LogP contribution in [0.1, 0.15) is 19.3 Å². The first-order chi connectivity index (χ1) is 9.08. The molecule has 0 unspecified atom stereocenters. The molecule has 1 saturated heterocycles. The quantitative estimate of drug-likeness (QED) is 0.760. The summed E-state index contributed by atoms with van der Waals surface area (Å²) in [4.78, 5) is 1.82. The predicted molar refractivity (Wildman–Crippen MR) is 76.1 cm³/mol. The molecule has 4 nitrogen and oxygen atoms in total. The van der Waals surface area contributed by atoms with Crippen molar-refractivity contribution in [3.05, 3.63) is 29.3 Å². The fourth-order valence-corrected chi connectivity index (χ4v) is 3.76. The average Bonchev–Trinajstić information content (AvgIpc) is 2.88. The molecule has 1 heterocycles. The molecular formula is C13H20ClN2O2S+. The lowest BCUT2D eigenvalue weighted by Gasteiger charge is -2.12. The van der Waals surface area contributed by atoms with Gasteiger partial charge in [-0.15, -0.1) is 0 Å². The monoisotopic (exact) mass is 303 g/mol. The van der Waals surface area contributed by atoms with E-state index in [0.717, 1.165) is 13.0 Å². The van der Waals surface area contributed by atoms with E-state index in [1.54, 1.807) is 23.1 Å². The highest BCUT2D eigenvalue weighted by Gasteiger charge is 2.16. The van der Waals surface area contributed by atoms with Crippen molar-refractivity contribution in [2.45, 2.75) is 24.2 Å². The minimum Gasteiger partial charge on any atom is -0.335 e. The topological polar surface area (TPSA) is 50.6 Å². The molecule has 6 heteroatoms. The van der Waals surface area contributed by atoms with Crippen molar-refractivity contribution < 1.29 is 13.3 Å². The highest BCUT2D eigenvalue weighted by Crippen LogP contribution is 2.14. The number of hydrogen-bond donors (Lipinski definition) is 2. The number of hydrogen-bond acceptors (Lipinski definition) is 2. The lowest BCUT2D eigenvalue weighted by molar-refractivity contribution is -0.887. The van der Waals surface area contributed by atoms with Gasteiger partial charge in [0.25, 0.3) is 0 Å². The first kappa shape index (κ1) is 14.8. The van der Waals surface area contributed by atoms with E-state index in [-0.39, 0.29) is 4.90 Å². The van der Waals surface area contributed by atoms with E-state index in [0.29, 0.717) is 11.6 Å². The molecule has 106 valence electrons. The Bertz CT molecular complexity index is 513. The maximum Gasteiger partial charge on any atom is 0.240 e. The van der Waals surface area contributed by atoms with Crippen molar-refractivity contribution in [1.29, 1.82) is 0 Å². The van der Waals surface area contributed by atoms with Crippen LogP contribution < -0.4 is 9.62 Å². The third-order valence-corrected chi connectivity index (χ3v) is 5.11. The second-order valence-electron chi connectivity index (χ2n) is 4.92. The molecule has 1 aromatic rings. The average molecular weight is 304 g/mol. The Morgan fingerprint density at radius 3 is 2.68 bits per heavy atom. The van der Waals surface area contributed by atoms with Crippen molar-refractivity contribution >= 4 is 21.6 Å². The standard InChI is InChI=1S/C13H19ClN2O2S/c14-12-5-3-6-13(11-12)19(17,18)15-7-4-10-16-8-1-2-9-16/h3,5-6,11,15H,1-2,4,7-10H2/p+1. The number of halogens is 1. The Morgan fingerprint density at radius 1 is 1.26 bits per heavy atom. The van der Waals surface area contributed by atoms with Gasteiger partial charge in [0.15, 0.2) is 0 Å². The fraction of sp³-hybridized carbons (Fsp3) is 0.538. The van der Waals surface area contributed by atoms with Gasteiger partial charge in [0.1, 0.15) is 0 Å². The summed E-state index contributed by atoms with van der Waals surface area (Å²) in [5.41, 5.74) is 0. The third kappa shape index (κ3) is 4.45. The minimum atomic E-state index is -3.42. The van der Waals surface area contributed by atoms with E-state index < -0.39 is 10.0 Å². The molecule has 19 heavy (non-hydrogen) atoms. The lowest BCUT2D eigenvalue weighted by atomic mass is 10.4. The Hall–Kier alpha value is -0.620. The number of quaternary nitrogens is 1.